The maximum Gasteiger partial charge on any atom is 0.220 e. The van der Waals surface area contributed by atoms with Crippen molar-refractivity contribution in [2.24, 2.45) is 0 Å². The summed E-state index contributed by atoms with van der Waals surface area (Å²) in [7, 11) is 0. The second-order valence-corrected chi connectivity index (χ2v) is 14.5. The van der Waals surface area contributed by atoms with E-state index in [0.29, 0.717) is 12.8 Å². The van der Waals surface area contributed by atoms with Gasteiger partial charge in [0.05, 0.1) is 18.8 Å². The summed E-state index contributed by atoms with van der Waals surface area (Å²) in [6.07, 6.45) is 43.1. The molecule has 0 aliphatic rings. The van der Waals surface area contributed by atoms with Gasteiger partial charge in [-0.15, -0.1) is 0 Å². The van der Waals surface area contributed by atoms with Crippen LogP contribution in [0.4, 0.5) is 0 Å². The van der Waals surface area contributed by atoms with E-state index in [0.717, 1.165) is 38.5 Å². The molecule has 3 atom stereocenters. The number of aliphatic hydroxyl groups is 3. The predicted molar refractivity (Wildman–Crippen MR) is 204 cm³/mol. The molecule has 0 rings (SSSR count). The van der Waals surface area contributed by atoms with E-state index in [-0.39, 0.29) is 12.5 Å². The zero-order valence-corrected chi connectivity index (χ0v) is 31.7. The first-order valence-corrected chi connectivity index (χ1v) is 21.0. The topological polar surface area (TPSA) is 89.8 Å². The maximum absolute atomic E-state index is 12.4. The summed E-state index contributed by atoms with van der Waals surface area (Å²) in [5.74, 6) is -0.151. The van der Waals surface area contributed by atoms with E-state index in [1.165, 1.54) is 161 Å². The van der Waals surface area contributed by atoms with Crippen LogP contribution in [-0.2, 0) is 4.79 Å². The zero-order chi connectivity index (χ0) is 34.5. The molecule has 0 fully saturated rings. The summed E-state index contributed by atoms with van der Waals surface area (Å²) in [6, 6.07) is -0.820. The molecule has 3 unspecified atom stereocenters. The molecular weight excluding hydrogens is 582 g/mol. The van der Waals surface area contributed by atoms with Gasteiger partial charge < -0.3 is 20.6 Å². The fourth-order valence-electron chi connectivity index (χ4n) is 6.57. The lowest BCUT2D eigenvalue weighted by molar-refractivity contribution is -0.124. The molecule has 0 aromatic rings. The number of aliphatic hydroxyl groups excluding tert-OH is 3. The number of hydrogen-bond donors (Lipinski definition) is 4. The lowest BCUT2D eigenvalue weighted by Crippen LogP contribution is -2.50. The maximum atomic E-state index is 12.4. The Morgan fingerprint density at radius 2 is 0.851 bits per heavy atom. The molecule has 1 amide bonds. The Hall–Kier alpha value is -0.910. The van der Waals surface area contributed by atoms with Gasteiger partial charge in [-0.25, -0.2) is 0 Å². The molecule has 0 aliphatic carbocycles. The Morgan fingerprint density at radius 3 is 1.23 bits per heavy atom. The summed E-state index contributed by atoms with van der Waals surface area (Å²) in [5, 5.41) is 33.5. The summed E-state index contributed by atoms with van der Waals surface area (Å²) in [4.78, 5) is 12.4. The van der Waals surface area contributed by atoms with Crippen molar-refractivity contribution >= 4 is 5.91 Å². The summed E-state index contributed by atoms with van der Waals surface area (Å²) >= 11 is 0. The van der Waals surface area contributed by atoms with Crippen molar-refractivity contribution in [3.63, 3.8) is 0 Å². The second kappa shape index (κ2) is 37.9. The highest BCUT2D eigenvalue weighted by Gasteiger charge is 2.26. The molecule has 0 aliphatic heterocycles. The van der Waals surface area contributed by atoms with Gasteiger partial charge in [0.2, 0.25) is 5.91 Å². The summed E-state index contributed by atoms with van der Waals surface area (Å²) in [6.45, 7) is 4.17. The number of allylic oxidation sites excluding steroid dienone is 2. The lowest BCUT2D eigenvalue weighted by Gasteiger charge is -2.26. The number of carbonyl (C=O) groups excluding carboxylic acids is 1. The average Bonchev–Trinajstić information content (AvgIpc) is 3.07. The Bertz CT molecular complexity index is 655. The van der Waals surface area contributed by atoms with Crippen molar-refractivity contribution in [2.75, 3.05) is 6.61 Å². The molecule has 0 radical (unpaired) electrons. The predicted octanol–water partition coefficient (Wildman–Crippen LogP) is 11.7. The van der Waals surface area contributed by atoms with E-state index in [1.54, 1.807) is 0 Å². The van der Waals surface area contributed by atoms with E-state index in [1.807, 2.05) is 0 Å². The van der Waals surface area contributed by atoms with Gasteiger partial charge in [0.1, 0.15) is 6.10 Å². The van der Waals surface area contributed by atoms with Gasteiger partial charge >= 0.3 is 0 Å². The minimum absolute atomic E-state index is 0.151. The van der Waals surface area contributed by atoms with Gasteiger partial charge in [-0.3, -0.25) is 4.79 Å². The average molecular weight is 666 g/mol. The molecule has 0 heterocycles. The number of carbonyl (C=O) groups is 1. The highest BCUT2D eigenvalue weighted by molar-refractivity contribution is 5.76. The lowest BCUT2D eigenvalue weighted by atomic mass is 10.0. The number of amides is 1. The standard InChI is InChI=1S/C42H83NO4/c1-3-5-7-9-11-13-15-17-19-21-22-24-26-28-30-32-34-36-40(45)42(47)39(38-44)43-41(46)37-35-33-31-29-27-25-23-20-18-16-14-12-10-8-6-4-2/h28,30,39-40,42,44-45,47H,3-27,29,31-38H2,1-2H3,(H,43,46)/b30-28+. The first kappa shape index (κ1) is 46.1. The SMILES string of the molecule is CCCCCCCCCCCCCC/C=C/CCCC(O)C(O)C(CO)NC(=O)CCCCCCCCCCCCCCCCCC. The van der Waals surface area contributed by atoms with E-state index < -0.39 is 18.2 Å². The minimum Gasteiger partial charge on any atom is -0.394 e. The van der Waals surface area contributed by atoms with Crippen molar-refractivity contribution < 1.29 is 20.1 Å². The van der Waals surface area contributed by atoms with Crippen molar-refractivity contribution in [3.05, 3.63) is 12.2 Å². The number of unbranched alkanes of at least 4 members (excludes halogenated alkanes) is 28. The molecule has 0 saturated heterocycles. The Balaban J connectivity index is 3.66. The quantitative estimate of drug-likeness (QED) is 0.0390. The first-order valence-electron chi connectivity index (χ1n) is 21.0. The fraction of sp³-hybridized carbons (Fsp3) is 0.929. The van der Waals surface area contributed by atoms with E-state index in [9.17, 15) is 20.1 Å². The molecule has 0 aromatic heterocycles. The van der Waals surface area contributed by atoms with E-state index in [2.05, 4.69) is 31.3 Å². The monoisotopic (exact) mass is 666 g/mol. The molecule has 0 bridgehead atoms. The van der Waals surface area contributed by atoms with Crippen LogP contribution in [0.15, 0.2) is 12.2 Å². The molecule has 0 spiro atoms. The molecule has 0 saturated carbocycles. The van der Waals surface area contributed by atoms with Gasteiger partial charge in [0.15, 0.2) is 0 Å². The fourth-order valence-corrected chi connectivity index (χ4v) is 6.57. The smallest absolute Gasteiger partial charge is 0.220 e. The Kier molecular flexibility index (Phi) is 37.2. The Labute approximate surface area is 293 Å². The minimum atomic E-state index is -1.15. The van der Waals surface area contributed by atoms with Gasteiger partial charge in [-0.2, -0.15) is 0 Å². The normalized spacial score (nSPS) is 13.7. The van der Waals surface area contributed by atoms with Crippen LogP contribution in [0.2, 0.25) is 0 Å². The van der Waals surface area contributed by atoms with Crippen LogP contribution in [0, 0.1) is 0 Å². The van der Waals surface area contributed by atoms with Crippen molar-refractivity contribution in [3.8, 4) is 0 Å². The van der Waals surface area contributed by atoms with Gasteiger partial charge in [-0.1, -0.05) is 193 Å². The third-order valence-corrected chi connectivity index (χ3v) is 9.87. The third kappa shape index (κ3) is 33.4. The Morgan fingerprint density at radius 1 is 0.511 bits per heavy atom. The third-order valence-electron chi connectivity index (χ3n) is 9.87. The first-order chi connectivity index (χ1) is 23.1. The molecule has 47 heavy (non-hydrogen) atoms. The second-order valence-electron chi connectivity index (χ2n) is 14.5. The number of hydrogen-bond acceptors (Lipinski definition) is 4. The highest BCUT2D eigenvalue weighted by atomic mass is 16.3. The van der Waals surface area contributed by atoms with Crippen molar-refractivity contribution in [1.29, 1.82) is 0 Å². The molecule has 0 aromatic carbocycles. The van der Waals surface area contributed by atoms with Crippen molar-refractivity contribution in [1.82, 2.24) is 5.32 Å². The molecule has 280 valence electrons. The van der Waals surface area contributed by atoms with Crippen LogP contribution < -0.4 is 5.32 Å². The van der Waals surface area contributed by atoms with Crippen molar-refractivity contribution in [2.45, 2.75) is 244 Å². The molecule has 5 heteroatoms. The van der Waals surface area contributed by atoms with Gasteiger partial charge in [-0.05, 0) is 38.5 Å². The van der Waals surface area contributed by atoms with Crippen LogP contribution in [0.25, 0.3) is 0 Å². The van der Waals surface area contributed by atoms with Crippen LogP contribution in [0.3, 0.4) is 0 Å². The largest absolute Gasteiger partial charge is 0.394 e. The zero-order valence-electron chi connectivity index (χ0n) is 31.7. The van der Waals surface area contributed by atoms with Gasteiger partial charge in [0.25, 0.3) is 0 Å². The summed E-state index contributed by atoms with van der Waals surface area (Å²) in [5.41, 5.74) is 0. The van der Waals surface area contributed by atoms with E-state index in [4.69, 9.17) is 0 Å². The van der Waals surface area contributed by atoms with Crippen LogP contribution in [-0.4, -0.2) is 46.1 Å². The molecule has 4 N–H and O–H groups in total. The highest BCUT2D eigenvalue weighted by Crippen LogP contribution is 2.16. The van der Waals surface area contributed by atoms with E-state index >= 15 is 0 Å². The van der Waals surface area contributed by atoms with Crippen LogP contribution in [0.5, 0.6) is 0 Å². The van der Waals surface area contributed by atoms with Crippen LogP contribution in [0.1, 0.15) is 226 Å². The molecular formula is C42H83NO4. The number of nitrogens with one attached hydrogen (secondary N) is 1. The summed E-state index contributed by atoms with van der Waals surface area (Å²) < 4.78 is 0. The van der Waals surface area contributed by atoms with Crippen LogP contribution >= 0.6 is 0 Å². The van der Waals surface area contributed by atoms with Gasteiger partial charge in [0, 0.05) is 6.42 Å². The molecule has 5 nitrogen and oxygen atoms in total. The number of rotatable bonds is 38.